The van der Waals surface area contributed by atoms with Gasteiger partial charge in [-0.15, -0.1) is 0 Å². The number of aryl methyl sites for hydroxylation is 1. The molecule has 0 saturated heterocycles. The maximum Gasteiger partial charge on any atom is 0.257 e. The van der Waals surface area contributed by atoms with Gasteiger partial charge < -0.3 is 15.7 Å². The molecule has 1 amide bonds. The summed E-state index contributed by atoms with van der Waals surface area (Å²) in [5.41, 5.74) is 5.25. The Bertz CT molecular complexity index is 481. The quantitative estimate of drug-likeness (QED) is 0.820. The van der Waals surface area contributed by atoms with Gasteiger partial charge in [-0.05, 0) is 45.4 Å². The topological polar surface area (TPSA) is 66.6 Å². The molecule has 5 heteroatoms. The van der Waals surface area contributed by atoms with Crippen molar-refractivity contribution in [1.29, 1.82) is 0 Å². The number of nitrogen functional groups attached to an aromatic ring is 1. The van der Waals surface area contributed by atoms with Crippen LogP contribution < -0.4 is 5.73 Å². The van der Waals surface area contributed by atoms with E-state index in [0.717, 1.165) is 0 Å². The Morgan fingerprint density at radius 3 is 2.53 bits per heavy atom. The van der Waals surface area contributed by atoms with Crippen LogP contribution in [0.2, 0.25) is 0 Å². The molecule has 0 aliphatic rings. The number of anilines is 1. The Kier molecular flexibility index (Phi) is 4.52. The van der Waals surface area contributed by atoms with E-state index >= 15 is 0 Å². The summed E-state index contributed by atoms with van der Waals surface area (Å²) in [5, 5.41) is 9.78. The van der Waals surface area contributed by atoms with Crippen molar-refractivity contribution in [3.8, 4) is 0 Å². The van der Waals surface area contributed by atoms with Gasteiger partial charge in [-0.25, -0.2) is 4.39 Å². The third kappa shape index (κ3) is 3.92. The zero-order valence-electron chi connectivity index (χ0n) is 11.8. The Balaban J connectivity index is 3.11. The third-order valence-electron chi connectivity index (χ3n) is 2.75. The number of nitrogens with two attached hydrogens (primary N) is 1. The summed E-state index contributed by atoms with van der Waals surface area (Å²) in [4.78, 5) is 13.7. The summed E-state index contributed by atoms with van der Waals surface area (Å²) < 4.78 is 14.0. The van der Waals surface area contributed by atoms with Crippen LogP contribution in [0.3, 0.4) is 0 Å². The van der Waals surface area contributed by atoms with Gasteiger partial charge in [0.1, 0.15) is 5.82 Å². The summed E-state index contributed by atoms with van der Waals surface area (Å²) in [5.74, 6) is -1.02. The molecule has 0 heterocycles. The smallest absolute Gasteiger partial charge is 0.257 e. The highest BCUT2D eigenvalue weighted by atomic mass is 19.1. The largest absolute Gasteiger partial charge is 0.399 e. The molecule has 0 aliphatic carbocycles. The standard InChI is InChI=1S/C14H21FN2O2/c1-5-17(8-14(3,4)19)13(18)11-7-10(16)6-9(2)12(11)15/h6-7,19H,5,8,16H2,1-4H3. The molecule has 0 fully saturated rings. The van der Waals surface area contributed by atoms with Crippen molar-refractivity contribution < 1.29 is 14.3 Å². The van der Waals surface area contributed by atoms with E-state index in [9.17, 15) is 14.3 Å². The van der Waals surface area contributed by atoms with Gasteiger partial charge in [-0.1, -0.05) is 0 Å². The van der Waals surface area contributed by atoms with E-state index in [1.165, 1.54) is 17.0 Å². The van der Waals surface area contributed by atoms with Gasteiger partial charge in [0.25, 0.3) is 5.91 Å². The molecule has 0 bridgehead atoms. The molecule has 3 N–H and O–H groups in total. The first kappa shape index (κ1) is 15.4. The summed E-state index contributed by atoms with van der Waals surface area (Å²) in [6.45, 7) is 7.06. The molecule has 0 unspecified atom stereocenters. The van der Waals surface area contributed by atoms with Gasteiger partial charge >= 0.3 is 0 Å². The SMILES string of the molecule is CCN(CC(C)(C)O)C(=O)c1cc(N)cc(C)c1F. The third-order valence-corrected chi connectivity index (χ3v) is 2.75. The minimum absolute atomic E-state index is 0.0522. The van der Waals surface area contributed by atoms with E-state index in [4.69, 9.17) is 5.73 Å². The fourth-order valence-corrected chi connectivity index (χ4v) is 1.92. The van der Waals surface area contributed by atoms with Crippen molar-refractivity contribution in [3.05, 3.63) is 29.1 Å². The fraction of sp³-hybridized carbons (Fsp3) is 0.500. The number of nitrogens with zero attached hydrogens (tertiary/aromatic N) is 1. The molecule has 0 spiro atoms. The number of hydrogen-bond acceptors (Lipinski definition) is 3. The van der Waals surface area contributed by atoms with Gasteiger partial charge in [-0.3, -0.25) is 4.79 Å². The number of hydrogen-bond donors (Lipinski definition) is 2. The lowest BCUT2D eigenvalue weighted by molar-refractivity contribution is 0.0312. The van der Waals surface area contributed by atoms with E-state index in [1.54, 1.807) is 27.7 Å². The minimum Gasteiger partial charge on any atom is -0.399 e. The van der Waals surface area contributed by atoms with Crippen molar-refractivity contribution in [2.45, 2.75) is 33.3 Å². The molecule has 1 aromatic rings. The summed E-state index contributed by atoms with van der Waals surface area (Å²) in [6, 6.07) is 2.82. The average molecular weight is 268 g/mol. The van der Waals surface area contributed by atoms with Gasteiger partial charge in [0.15, 0.2) is 0 Å². The van der Waals surface area contributed by atoms with Crippen LogP contribution in [0.25, 0.3) is 0 Å². The van der Waals surface area contributed by atoms with Gasteiger partial charge in [-0.2, -0.15) is 0 Å². The first-order valence-corrected chi connectivity index (χ1v) is 6.23. The number of rotatable bonds is 4. The molecule has 1 aromatic carbocycles. The molecular weight excluding hydrogens is 247 g/mol. The summed E-state index contributed by atoms with van der Waals surface area (Å²) >= 11 is 0. The fourth-order valence-electron chi connectivity index (χ4n) is 1.92. The van der Waals surface area contributed by atoms with E-state index in [2.05, 4.69) is 0 Å². The highest BCUT2D eigenvalue weighted by Crippen LogP contribution is 2.19. The van der Waals surface area contributed by atoms with Crippen LogP contribution in [0, 0.1) is 12.7 Å². The zero-order valence-corrected chi connectivity index (χ0v) is 11.8. The van der Waals surface area contributed by atoms with Crippen LogP contribution in [-0.2, 0) is 0 Å². The second-order valence-corrected chi connectivity index (χ2v) is 5.33. The van der Waals surface area contributed by atoms with Crippen molar-refractivity contribution in [1.82, 2.24) is 4.90 Å². The Morgan fingerprint density at radius 1 is 1.47 bits per heavy atom. The van der Waals surface area contributed by atoms with E-state index in [0.29, 0.717) is 17.8 Å². The predicted molar refractivity (Wildman–Crippen MR) is 73.4 cm³/mol. The molecule has 0 aliphatic heterocycles. The van der Waals surface area contributed by atoms with E-state index in [1.807, 2.05) is 0 Å². The highest BCUT2D eigenvalue weighted by molar-refractivity contribution is 5.95. The maximum atomic E-state index is 14.0. The molecule has 106 valence electrons. The normalized spacial score (nSPS) is 11.5. The molecule has 1 rings (SSSR count). The molecule has 0 atom stereocenters. The highest BCUT2D eigenvalue weighted by Gasteiger charge is 2.24. The van der Waals surface area contributed by atoms with Crippen molar-refractivity contribution in [2.75, 3.05) is 18.8 Å². The molecular formula is C14H21FN2O2. The molecule has 0 saturated carbocycles. The second-order valence-electron chi connectivity index (χ2n) is 5.33. The van der Waals surface area contributed by atoms with E-state index in [-0.39, 0.29) is 12.1 Å². The summed E-state index contributed by atoms with van der Waals surface area (Å²) in [7, 11) is 0. The van der Waals surface area contributed by atoms with Gasteiger partial charge in [0, 0.05) is 18.8 Å². The van der Waals surface area contributed by atoms with Crippen molar-refractivity contribution in [2.24, 2.45) is 0 Å². The Labute approximate surface area is 113 Å². The Hall–Kier alpha value is -1.62. The van der Waals surface area contributed by atoms with Crippen molar-refractivity contribution in [3.63, 3.8) is 0 Å². The lowest BCUT2D eigenvalue weighted by atomic mass is 10.1. The first-order valence-electron chi connectivity index (χ1n) is 6.23. The number of benzene rings is 1. The maximum absolute atomic E-state index is 14.0. The number of likely N-dealkylation sites (N-methyl/N-ethyl adjacent to an activating group) is 1. The Morgan fingerprint density at radius 2 is 2.05 bits per heavy atom. The monoisotopic (exact) mass is 268 g/mol. The number of aliphatic hydroxyl groups is 1. The average Bonchev–Trinajstić information content (AvgIpc) is 2.28. The summed E-state index contributed by atoms with van der Waals surface area (Å²) in [6.07, 6.45) is 0. The number of amides is 1. The molecule has 0 aromatic heterocycles. The van der Waals surface area contributed by atoms with Crippen LogP contribution in [0.1, 0.15) is 36.7 Å². The minimum atomic E-state index is -1.03. The molecule has 4 nitrogen and oxygen atoms in total. The lowest BCUT2D eigenvalue weighted by Gasteiger charge is -2.28. The number of carbonyl (C=O) groups excluding carboxylic acids is 1. The molecule has 19 heavy (non-hydrogen) atoms. The van der Waals surface area contributed by atoms with E-state index < -0.39 is 17.3 Å². The first-order chi connectivity index (χ1) is 8.65. The van der Waals surface area contributed by atoms with Crippen LogP contribution >= 0.6 is 0 Å². The second kappa shape index (κ2) is 5.57. The van der Waals surface area contributed by atoms with Crippen LogP contribution in [-0.4, -0.2) is 34.6 Å². The number of carbonyl (C=O) groups is 1. The predicted octanol–water partition coefficient (Wildman–Crippen LogP) is 1.95. The zero-order chi connectivity index (χ0) is 14.8. The molecule has 0 radical (unpaired) electrons. The van der Waals surface area contributed by atoms with Gasteiger partial charge in [0.05, 0.1) is 11.2 Å². The van der Waals surface area contributed by atoms with Gasteiger partial charge in [0.2, 0.25) is 0 Å². The number of halogens is 1. The van der Waals surface area contributed by atoms with Crippen molar-refractivity contribution >= 4 is 11.6 Å². The van der Waals surface area contributed by atoms with Crippen LogP contribution in [0.5, 0.6) is 0 Å². The lowest BCUT2D eigenvalue weighted by Crippen LogP contribution is -2.42. The van der Waals surface area contributed by atoms with Crippen LogP contribution in [0.4, 0.5) is 10.1 Å². The van der Waals surface area contributed by atoms with Crippen LogP contribution in [0.15, 0.2) is 12.1 Å².